The molecule has 1 aliphatic heterocycles. The molecule has 3 aromatic heterocycles. The summed E-state index contributed by atoms with van der Waals surface area (Å²) in [6, 6.07) is 28.3. The van der Waals surface area contributed by atoms with Crippen LogP contribution in [0.3, 0.4) is 0 Å². The maximum atomic E-state index is 5.43. The van der Waals surface area contributed by atoms with Gasteiger partial charge in [0, 0.05) is 47.0 Å². The number of hydrogen-bond donors (Lipinski definition) is 0. The van der Waals surface area contributed by atoms with Gasteiger partial charge in [0.05, 0.1) is 17.9 Å². The number of rotatable bonds is 24. The third kappa shape index (κ3) is 12.8. The number of anilines is 2. The van der Waals surface area contributed by atoms with Crippen LogP contribution in [0.5, 0.6) is 0 Å². The monoisotopic (exact) mass is 929 g/mol. The molecule has 65 heavy (non-hydrogen) atoms. The van der Waals surface area contributed by atoms with Crippen molar-refractivity contribution in [3.05, 3.63) is 83.2 Å². The van der Waals surface area contributed by atoms with Gasteiger partial charge < -0.3 is 4.90 Å². The third-order valence-corrected chi connectivity index (χ3v) is 17.3. The van der Waals surface area contributed by atoms with Crippen molar-refractivity contribution in [2.45, 2.75) is 205 Å². The minimum Gasteiger partial charge on any atom is -0.340 e. The van der Waals surface area contributed by atoms with Crippen molar-refractivity contribution in [1.29, 1.82) is 0 Å². The van der Waals surface area contributed by atoms with E-state index in [1.165, 1.54) is 179 Å². The molecule has 350 valence electrons. The number of nitrogens with zero attached hydrogens (tertiary/aromatic N) is 4. The van der Waals surface area contributed by atoms with E-state index in [4.69, 9.17) is 10.2 Å². The molecule has 6 aromatic rings. The summed E-state index contributed by atoms with van der Waals surface area (Å²) in [4.78, 5) is 12.7. The van der Waals surface area contributed by atoms with Crippen LogP contribution >= 0.6 is 34.4 Å². The van der Waals surface area contributed by atoms with Crippen molar-refractivity contribution in [3.63, 3.8) is 0 Å². The molecule has 7 heteroatoms. The van der Waals surface area contributed by atoms with E-state index in [0.717, 1.165) is 24.1 Å². The quantitative estimate of drug-likeness (QED) is 0.0567. The normalized spacial score (nSPS) is 13.5. The number of benzene rings is 3. The maximum Gasteiger partial charge on any atom is 0.122 e. The van der Waals surface area contributed by atoms with Gasteiger partial charge in [-0.15, -0.1) is 22.7 Å². The number of hydrogen-bond acceptors (Lipinski definition) is 6. The van der Waals surface area contributed by atoms with E-state index in [9.17, 15) is 0 Å². The van der Waals surface area contributed by atoms with Crippen molar-refractivity contribution >= 4 is 56.8 Å². The molecule has 1 aliphatic rings. The SMILES string of the molecule is CCCCCCCCC(CCCCCC)Cn1nc2c(-c3ccc(-c4ccc5c(c4)Sc4cc(C(C)(C)C)ccc4N5CCCCCCCC)s3)ccc(-c3ccc(C(C)(C)C)s3)c2n1. The molecule has 0 saturated carbocycles. The topological polar surface area (TPSA) is 34.0 Å². The fraction of sp³-hybridized carbons (Fsp3) is 0.552. The van der Waals surface area contributed by atoms with Crippen molar-refractivity contribution in [3.8, 4) is 31.3 Å². The van der Waals surface area contributed by atoms with Crippen LogP contribution in [0.2, 0.25) is 0 Å². The van der Waals surface area contributed by atoms with Gasteiger partial charge in [-0.3, -0.25) is 0 Å². The second-order valence-electron chi connectivity index (χ2n) is 21.1. The van der Waals surface area contributed by atoms with E-state index in [2.05, 4.69) is 145 Å². The van der Waals surface area contributed by atoms with Crippen LogP contribution in [-0.4, -0.2) is 21.5 Å². The number of fused-ring (bicyclic) bond motifs is 3. The first-order valence-electron chi connectivity index (χ1n) is 25.7. The Morgan fingerprint density at radius 3 is 1.63 bits per heavy atom. The van der Waals surface area contributed by atoms with Gasteiger partial charge >= 0.3 is 0 Å². The van der Waals surface area contributed by atoms with Gasteiger partial charge in [0.2, 0.25) is 0 Å². The molecular formula is C58H80N4S3. The van der Waals surface area contributed by atoms with Crippen molar-refractivity contribution in [2.75, 3.05) is 11.4 Å². The molecule has 0 N–H and O–H groups in total. The van der Waals surface area contributed by atoms with Crippen LogP contribution in [-0.2, 0) is 17.4 Å². The highest BCUT2D eigenvalue weighted by Gasteiger charge is 2.27. The molecule has 3 aromatic carbocycles. The van der Waals surface area contributed by atoms with Crippen LogP contribution in [0.4, 0.5) is 11.4 Å². The van der Waals surface area contributed by atoms with Crippen molar-refractivity contribution < 1.29 is 0 Å². The Morgan fingerprint density at radius 2 is 1.03 bits per heavy atom. The summed E-state index contributed by atoms with van der Waals surface area (Å²) in [6.45, 7) is 22.8. The minimum absolute atomic E-state index is 0.104. The second-order valence-corrected chi connectivity index (χ2v) is 24.4. The number of unbranched alkanes of at least 4 members (excludes halogenated alkanes) is 13. The molecule has 0 aliphatic carbocycles. The molecule has 7 rings (SSSR count). The highest BCUT2D eigenvalue weighted by molar-refractivity contribution is 7.99. The number of thiophene rings is 2. The van der Waals surface area contributed by atoms with E-state index < -0.39 is 0 Å². The highest BCUT2D eigenvalue weighted by Crippen LogP contribution is 2.51. The summed E-state index contributed by atoms with van der Waals surface area (Å²) < 4.78 is 0. The lowest BCUT2D eigenvalue weighted by molar-refractivity contribution is 0.327. The molecule has 1 unspecified atom stereocenters. The van der Waals surface area contributed by atoms with Crippen LogP contribution in [0.25, 0.3) is 42.4 Å². The van der Waals surface area contributed by atoms with E-state index in [0.29, 0.717) is 5.92 Å². The second kappa shape index (κ2) is 23.1. The molecule has 4 heterocycles. The molecule has 0 radical (unpaired) electrons. The fourth-order valence-corrected chi connectivity index (χ4v) is 12.8. The Labute approximate surface area is 406 Å². The summed E-state index contributed by atoms with van der Waals surface area (Å²) in [5.41, 5.74) is 10.1. The average Bonchev–Trinajstić information content (AvgIpc) is 4.07. The molecular weight excluding hydrogens is 849 g/mol. The van der Waals surface area contributed by atoms with E-state index >= 15 is 0 Å². The Bertz CT molecular complexity index is 2420. The minimum atomic E-state index is 0.104. The molecule has 0 saturated heterocycles. The van der Waals surface area contributed by atoms with Crippen molar-refractivity contribution in [1.82, 2.24) is 15.0 Å². The Balaban J connectivity index is 1.20. The molecule has 0 bridgehead atoms. The third-order valence-electron chi connectivity index (χ3n) is 13.5. The van der Waals surface area contributed by atoms with E-state index in [1.54, 1.807) is 0 Å². The van der Waals surface area contributed by atoms with Crippen LogP contribution in [0, 0.1) is 5.92 Å². The van der Waals surface area contributed by atoms with E-state index in [-0.39, 0.29) is 10.8 Å². The van der Waals surface area contributed by atoms with Gasteiger partial charge in [-0.1, -0.05) is 195 Å². The smallest absolute Gasteiger partial charge is 0.122 e. The van der Waals surface area contributed by atoms with Gasteiger partial charge in [0.15, 0.2) is 0 Å². The Hall–Kier alpha value is -3.39. The summed E-state index contributed by atoms with van der Waals surface area (Å²) in [5.74, 6) is 0.602. The van der Waals surface area contributed by atoms with E-state index in [1.807, 2.05) is 34.4 Å². The van der Waals surface area contributed by atoms with Gasteiger partial charge in [-0.05, 0) is 95.7 Å². The van der Waals surface area contributed by atoms with Gasteiger partial charge in [-0.2, -0.15) is 15.0 Å². The largest absolute Gasteiger partial charge is 0.340 e. The predicted octanol–water partition coefficient (Wildman–Crippen LogP) is 19.5. The van der Waals surface area contributed by atoms with Gasteiger partial charge in [0.25, 0.3) is 0 Å². The average molecular weight is 930 g/mol. The zero-order valence-corrected chi connectivity index (χ0v) is 44.1. The van der Waals surface area contributed by atoms with Crippen LogP contribution in [0.15, 0.2) is 82.6 Å². The Kier molecular flexibility index (Phi) is 17.6. The van der Waals surface area contributed by atoms with Gasteiger partial charge in [0.1, 0.15) is 11.0 Å². The summed E-state index contributed by atoms with van der Waals surface area (Å²) in [5, 5.41) is 10.8. The zero-order valence-electron chi connectivity index (χ0n) is 41.7. The van der Waals surface area contributed by atoms with Crippen LogP contribution in [0.1, 0.15) is 188 Å². The Morgan fingerprint density at radius 1 is 0.508 bits per heavy atom. The lowest BCUT2D eigenvalue weighted by atomic mass is 9.87. The fourth-order valence-electron chi connectivity index (χ4n) is 9.47. The maximum absolute atomic E-state index is 5.43. The lowest BCUT2D eigenvalue weighted by Crippen LogP contribution is -2.22. The first-order valence-corrected chi connectivity index (χ1v) is 28.2. The first-order chi connectivity index (χ1) is 31.4. The highest BCUT2D eigenvalue weighted by atomic mass is 32.2. The molecule has 0 spiro atoms. The van der Waals surface area contributed by atoms with Gasteiger partial charge in [-0.25, -0.2) is 0 Å². The number of aromatic nitrogens is 3. The lowest BCUT2D eigenvalue weighted by Gasteiger charge is -2.34. The van der Waals surface area contributed by atoms with Crippen molar-refractivity contribution in [2.24, 2.45) is 5.92 Å². The zero-order chi connectivity index (χ0) is 46.0. The molecule has 0 fully saturated rings. The molecule has 1 atom stereocenters. The van der Waals surface area contributed by atoms with Crippen LogP contribution < -0.4 is 4.90 Å². The summed E-state index contributed by atoms with van der Waals surface area (Å²) >= 11 is 5.75. The summed E-state index contributed by atoms with van der Waals surface area (Å²) in [7, 11) is 0. The molecule has 0 amide bonds. The predicted molar refractivity (Wildman–Crippen MR) is 288 cm³/mol. The molecule has 4 nitrogen and oxygen atoms in total. The summed E-state index contributed by atoms with van der Waals surface area (Å²) in [6.07, 6.45) is 23.6. The first kappa shape index (κ1) is 49.5. The standard InChI is InChI=1S/C58H80N4S3/c1-10-13-16-19-21-24-27-42(26-23-18-15-12-3)41-62-59-55-45(30-31-46(56(55)60-62)51-36-37-54(65-51)58(7,8)9)50-35-34-49(63-50)43-28-32-47-52(39-43)64-53-40-44(57(4,5)6)29-33-48(53)61(47)38-25-22-20-17-14-11-2/h28-37,39-40,42H,10-27,38,41H2,1-9H3.